The summed E-state index contributed by atoms with van der Waals surface area (Å²) in [5.74, 6) is 0.459. The van der Waals surface area contributed by atoms with Crippen LogP contribution in [-0.2, 0) is 11.2 Å². The number of rotatable bonds is 7. The highest BCUT2D eigenvalue weighted by Crippen LogP contribution is 2.27. The third-order valence-electron chi connectivity index (χ3n) is 5.79. The zero-order chi connectivity index (χ0) is 16.9. The summed E-state index contributed by atoms with van der Waals surface area (Å²) in [5, 5.41) is 0. The maximum Gasteiger partial charge on any atom is 0.194 e. The molecule has 0 spiro atoms. The maximum absolute atomic E-state index is 13.2. The van der Waals surface area contributed by atoms with E-state index in [1.807, 2.05) is 0 Å². The SMILES string of the molecule is CCC[N+]1([C@@H](CC)C(=O)Cc2c(C)cccc2C)CCCCC1. The van der Waals surface area contributed by atoms with E-state index in [2.05, 4.69) is 45.9 Å². The number of ketones is 1. The predicted octanol–water partition coefficient (Wildman–Crippen LogP) is 4.60. The minimum Gasteiger partial charge on any atom is -0.315 e. The molecule has 0 N–H and O–H groups in total. The number of nitrogens with zero attached hydrogens (tertiary/aromatic N) is 1. The van der Waals surface area contributed by atoms with E-state index < -0.39 is 0 Å². The van der Waals surface area contributed by atoms with Gasteiger partial charge in [-0.15, -0.1) is 0 Å². The molecule has 2 heteroatoms. The molecule has 0 bridgehead atoms. The fourth-order valence-electron chi connectivity index (χ4n) is 4.62. The fourth-order valence-corrected chi connectivity index (χ4v) is 4.62. The Kier molecular flexibility index (Phi) is 6.41. The van der Waals surface area contributed by atoms with Crippen molar-refractivity contribution >= 4 is 5.78 Å². The van der Waals surface area contributed by atoms with Crippen molar-refractivity contribution < 1.29 is 9.28 Å². The van der Waals surface area contributed by atoms with Crippen molar-refractivity contribution in [1.82, 2.24) is 0 Å². The summed E-state index contributed by atoms with van der Waals surface area (Å²) < 4.78 is 1.05. The molecular formula is C21H34NO+. The largest absolute Gasteiger partial charge is 0.315 e. The number of hydrogen-bond donors (Lipinski definition) is 0. The Morgan fingerprint density at radius 3 is 2.22 bits per heavy atom. The van der Waals surface area contributed by atoms with Gasteiger partial charge in [0, 0.05) is 12.8 Å². The average Bonchev–Trinajstić information content (AvgIpc) is 2.53. The number of aryl methyl sites for hydroxylation is 2. The van der Waals surface area contributed by atoms with Crippen molar-refractivity contribution in [3.8, 4) is 0 Å². The van der Waals surface area contributed by atoms with Crippen LogP contribution in [0.25, 0.3) is 0 Å². The van der Waals surface area contributed by atoms with Crippen LogP contribution in [0, 0.1) is 13.8 Å². The first-order valence-electron chi connectivity index (χ1n) is 9.47. The van der Waals surface area contributed by atoms with E-state index in [1.54, 1.807) is 0 Å². The lowest BCUT2D eigenvalue weighted by Crippen LogP contribution is -2.61. The van der Waals surface area contributed by atoms with Gasteiger partial charge in [0.1, 0.15) is 6.04 Å². The Morgan fingerprint density at radius 2 is 1.70 bits per heavy atom. The second-order valence-electron chi connectivity index (χ2n) is 7.39. The first-order chi connectivity index (χ1) is 11.0. The molecule has 2 nitrogen and oxygen atoms in total. The highest BCUT2D eigenvalue weighted by molar-refractivity contribution is 5.85. The van der Waals surface area contributed by atoms with Gasteiger partial charge >= 0.3 is 0 Å². The molecule has 1 aromatic rings. The second kappa shape index (κ2) is 8.10. The number of piperidine rings is 1. The Bertz CT molecular complexity index is 503. The predicted molar refractivity (Wildman–Crippen MR) is 97.7 cm³/mol. The summed E-state index contributed by atoms with van der Waals surface area (Å²) in [6.07, 6.45) is 6.67. The summed E-state index contributed by atoms with van der Waals surface area (Å²) in [6, 6.07) is 6.54. The quantitative estimate of drug-likeness (QED) is 0.672. The first-order valence-corrected chi connectivity index (χ1v) is 9.47. The van der Waals surface area contributed by atoms with Crippen LogP contribution in [0.3, 0.4) is 0 Å². The average molecular weight is 317 g/mol. The molecule has 1 fully saturated rings. The van der Waals surface area contributed by atoms with Crippen molar-refractivity contribution in [2.75, 3.05) is 19.6 Å². The molecule has 2 rings (SSSR count). The summed E-state index contributed by atoms with van der Waals surface area (Å²) in [5.41, 5.74) is 3.77. The zero-order valence-electron chi connectivity index (χ0n) is 15.5. The van der Waals surface area contributed by atoms with Crippen LogP contribution in [-0.4, -0.2) is 35.9 Å². The molecular weight excluding hydrogens is 282 g/mol. The molecule has 0 aliphatic carbocycles. The van der Waals surface area contributed by atoms with E-state index in [-0.39, 0.29) is 6.04 Å². The molecule has 1 saturated heterocycles. The van der Waals surface area contributed by atoms with E-state index in [0.717, 1.165) is 17.4 Å². The standard InChI is InChI=1S/C21H34NO/c1-5-13-22(14-8-7-9-15-22)20(6-2)21(23)16-19-17(3)11-10-12-18(19)4/h10-12,20H,5-9,13-16H2,1-4H3/q+1/t20-/m0/s1. The van der Waals surface area contributed by atoms with Crippen molar-refractivity contribution in [2.24, 2.45) is 0 Å². The molecule has 1 aliphatic rings. The van der Waals surface area contributed by atoms with E-state index in [9.17, 15) is 4.79 Å². The molecule has 23 heavy (non-hydrogen) atoms. The lowest BCUT2D eigenvalue weighted by molar-refractivity contribution is -0.947. The summed E-state index contributed by atoms with van der Waals surface area (Å²) >= 11 is 0. The topological polar surface area (TPSA) is 17.1 Å². The van der Waals surface area contributed by atoms with Gasteiger partial charge in [0.2, 0.25) is 0 Å². The van der Waals surface area contributed by atoms with Crippen LogP contribution in [0.4, 0.5) is 0 Å². The van der Waals surface area contributed by atoms with Gasteiger partial charge in [0.05, 0.1) is 19.6 Å². The fraction of sp³-hybridized carbons (Fsp3) is 0.667. The molecule has 1 aliphatic heterocycles. The number of quaternary nitrogens is 1. The number of likely N-dealkylation sites (tertiary alicyclic amines) is 1. The smallest absolute Gasteiger partial charge is 0.194 e. The molecule has 0 aromatic heterocycles. The molecule has 0 unspecified atom stereocenters. The van der Waals surface area contributed by atoms with Crippen molar-refractivity contribution in [3.05, 3.63) is 34.9 Å². The normalized spacial score (nSPS) is 18.6. The first kappa shape index (κ1) is 18.2. The Morgan fingerprint density at radius 1 is 1.09 bits per heavy atom. The molecule has 1 atom stereocenters. The van der Waals surface area contributed by atoms with E-state index in [4.69, 9.17) is 0 Å². The van der Waals surface area contributed by atoms with Gasteiger partial charge in [-0.2, -0.15) is 0 Å². The monoisotopic (exact) mass is 316 g/mol. The van der Waals surface area contributed by atoms with Gasteiger partial charge < -0.3 is 4.48 Å². The van der Waals surface area contributed by atoms with Crippen molar-refractivity contribution in [1.29, 1.82) is 0 Å². The van der Waals surface area contributed by atoms with Crippen molar-refractivity contribution in [2.45, 2.75) is 72.3 Å². The molecule has 0 radical (unpaired) electrons. The van der Waals surface area contributed by atoms with E-state index >= 15 is 0 Å². The Balaban J connectivity index is 2.23. The van der Waals surface area contributed by atoms with E-state index in [1.165, 1.54) is 55.5 Å². The Labute approximate surface area is 142 Å². The molecule has 1 aromatic carbocycles. The highest BCUT2D eigenvalue weighted by Gasteiger charge is 2.40. The van der Waals surface area contributed by atoms with Crippen LogP contribution >= 0.6 is 0 Å². The summed E-state index contributed by atoms with van der Waals surface area (Å²) in [4.78, 5) is 13.2. The van der Waals surface area contributed by atoms with Gasteiger partial charge in [-0.25, -0.2) is 0 Å². The minimum absolute atomic E-state index is 0.189. The van der Waals surface area contributed by atoms with Gasteiger partial charge in [-0.3, -0.25) is 4.79 Å². The zero-order valence-corrected chi connectivity index (χ0v) is 15.5. The molecule has 1 heterocycles. The van der Waals surface area contributed by atoms with Gasteiger partial charge in [-0.05, 0) is 56.2 Å². The third kappa shape index (κ3) is 4.03. The van der Waals surface area contributed by atoms with Gasteiger partial charge in [0.15, 0.2) is 5.78 Å². The third-order valence-corrected chi connectivity index (χ3v) is 5.79. The number of benzene rings is 1. The van der Waals surface area contributed by atoms with Crippen molar-refractivity contribution in [3.63, 3.8) is 0 Å². The number of Topliss-reactive ketones (excluding diaryl/α,β-unsaturated/α-hetero) is 1. The van der Waals surface area contributed by atoms with Crippen LogP contribution in [0.1, 0.15) is 62.6 Å². The van der Waals surface area contributed by atoms with Gasteiger partial charge in [-0.1, -0.05) is 32.0 Å². The number of hydrogen-bond acceptors (Lipinski definition) is 1. The lowest BCUT2D eigenvalue weighted by Gasteiger charge is -2.46. The summed E-state index contributed by atoms with van der Waals surface area (Å²) in [6.45, 7) is 12.3. The lowest BCUT2D eigenvalue weighted by atomic mass is 9.91. The molecule has 128 valence electrons. The van der Waals surface area contributed by atoms with Crippen LogP contribution in [0.2, 0.25) is 0 Å². The number of carbonyl (C=O) groups is 1. The number of carbonyl (C=O) groups excluding carboxylic acids is 1. The minimum atomic E-state index is 0.189. The van der Waals surface area contributed by atoms with Crippen LogP contribution in [0.5, 0.6) is 0 Å². The summed E-state index contributed by atoms with van der Waals surface area (Å²) in [7, 11) is 0. The van der Waals surface area contributed by atoms with Gasteiger partial charge in [0.25, 0.3) is 0 Å². The highest BCUT2D eigenvalue weighted by atomic mass is 16.1. The molecule has 0 amide bonds. The van der Waals surface area contributed by atoms with Crippen LogP contribution in [0.15, 0.2) is 18.2 Å². The van der Waals surface area contributed by atoms with Crippen LogP contribution < -0.4 is 0 Å². The molecule has 0 saturated carbocycles. The maximum atomic E-state index is 13.2. The second-order valence-corrected chi connectivity index (χ2v) is 7.39. The Hall–Kier alpha value is -1.15. The van der Waals surface area contributed by atoms with E-state index in [0.29, 0.717) is 12.2 Å².